The van der Waals surface area contributed by atoms with Crippen LogP contribution >= 0.6 is 0 Å². The molecule has 6 aliphatic rings. The van der Waals surface area contributed by atoms with Crippen molar-refractivity contribution in [1.29, 1.82) is 0 Å². The lowest BCUT2D eigenvalue weighted by Crippen LogP contribution is -2.54. The largest absolute Gasteiger partial charge is 0.479 e. The highest BCUT2D eigenvalue weighted by Gasteiger charge is 2.80. The average molecular weight is 405 g/mol. The normalized spacial score (nSPS) is 59.5. The van der Waals surface area contributed by atoms with Crippen LogP contribution in [0, 0.1) is 45.3 Å². The number of aliphatic carboxylic acids is 1. The molecule has 5 saturated carbocycles. The highest BCUT2D eigenvalue weighted by Crippen LogP contribution is 2.87. The zero-order valence-electron chi connectivity index (χ0n) is 18.3. The summed E-state index contributed by atoms with van der Waals surface area (Å²) in [4.78, 5) is 11.5. The van der Waals surface area contributed by atoms with E-state index in [1.165, 1.54) is 38.5 Å². The predicted octanol–water partition coefficient (Wildman–Crippen LogP) is 4.88. The Morgan fingerprint density at radius 3 is 2.45 bits per heavy atom. The zero-order valence-corrected chi connectivity index (χ0v) is 18.3. The molecule has 6 fully saturated rings. The number of hydrogen-bond donors (Lipinski definition) is 2. The third-order valence-electron chi connectivity index (χ3n) is 11.8. The Labute approximate surface area is 176 Å². The molecule has 1 aliphatic heterocycles. The van der Waals surface area contributed by atoms with Gasteiger partial charge in [0.2, 0.25) is 0 Å². The Bertz CT molecular complexity index is 753. The van der Waals surface area contributed by atoms with Crippen LogP contribution in [0.25, 0.3) is 0 Å². The van der Waals surface area contributed by atoms with Gasteiger partial charge >= 0.3 is 5.97 Å². The van der Waals surface area contributed by atoms with Crippen LogP contribution in [0.2, 0.25) is 0 Å². The van der Waals surface area contributed by atoms with Gasteiger partial charge in [0, 0.05) is 1.43 Å². The quantitative estimate of drug-likeness (QED) is 0.653. The molecule has 8 unspecified atom stereocenters. The minimum absolute atomic E-state index is 0. The molecule has 1 saturated heterocycles. The maximum Gasteiger partial charge on any atom is 0.332 e. The van der Waals surface area contributed by atoms with Crippen LogP contribution < -0.4 is 0 Å². The van der Waals surface area contributed by atoms with E-state index in [1.807, 2.05) is 0 Å². The fraction of sp³-hybridized carbons (Fsp3) is 0.960. The second-order valence-corrected chi connectivity index (χ2v) is 12.6. The summed E-state index contributed by atoms with van der Waals surface area (Å²) in [7, 11) is 0. The van der Waals surface area contributed by atoms with Gasteiger partial charge in [0.1, 0.15) is 0 Å². The molecular formula is C25H40O4. The van der Waals surface area contributed by atoms with Gasteiger partial charge in [0.15, 0.2) is 6.10 Å². The fourth-order valence-corrected chi connectivity index (χ4v) is 10.4. The van der Waals surface area contributed by atoms with Crippen molar-refractivity contribution in [2.24, 2.45) is 45.3 Å². The van der Waals surface area contributed by atoms with E-state index in [2.05, 4.69) is 20.8 Å². The summed E-state index contributed by atoms with van der Waals surface area (Å²) in [5.74, 6) is 1.95. The molecule has 164 valence electrons. The van der Waals surface area contributed by atoms with Crippen molar-refractivity contribution >= 4 is 5.97 Å². The summed E-state index contributed by atoms with van der Waals surface area (Å²) in [5, 5.41) is 20.2. The minimum atomic E-state index is -0.774. The Morgan fingerprint density at radius 2 is 1.69 bits per heavy atom. The van der Waals surface area contributed by atoms with Gasteiger partial charge in [0.25, 0.3) is 0 Å². The molecule has 0 aromatic carbocycles. The van der Waals surface area contributed by atoms with E-state index in [0.717, 1.165) is 25.2 Å². The van der Waals surface area contributed by atoms with Crippen molar-refractivity contribution in [2.75, 3.05) is 0 Å². The van der Waals surface area contributed by atoms with E-state index in [1.54, 1.807) is 0 Å². The Morgan fingerprint density at radius 1 is 0.931 bits per heavy atom. The zero-order chi connectivity index (χ0) is 20.4. The molecule has 0 aromatic rings. The molecule has 0 amide bonds. The Kier molecular flexibility index (Phi) is 3.69. The molecular weight excluding hydrogens is 364 g/mol. The lowest BCUT2D eigenvalue weighted by atomic mass is 9.46. The number of carboxylic acid groups (broad SMARTS) is 1. The van der Waals surface area contributed by atoms with E-state index in [-0.39, 0.29) is 19.0 Å². The molecule has 4 nitrogen and oxygen atoms in total. The molecule has 0 bridgehead atoms. The van der Waals surface area contributed by atoms with Crippen LogP contribution in [0.5, 0.6) is 0 Å². The molecule has 5 aliphatic carbocycles. The summed E-state index contributed by atoms with van der Waals surface area (Å²) in [6.07, 6.45) is 11.1. The Hall–Kier alpha value is -0.610. The maximum absolute atomic E-state index is 11.5. The van der Waals surface area contributed by atoms with Gasteiger partial charge in [-0.1, -0.05) is 20.8 Å². The van der Waals surface area contributed by atoms with Crippen molar-refractivity contribution in [3.05, 3.63) is 0 Å². The van der Waals surface area contributed by atoms with Gasteiger partial charge in [-0.25, -0.2) is 4.79 Å². The molecule has 0 radical (unpaired) electrons. The first-order chi connectivity index (χ1) is 13.7. The lowest BCUT2D eigenvalue weighted by Gasteiger charge is -2.59. The van der Waals surface area contributed by atoms with Gasteiger partial charge in [-0.3, -0.25) is 0 Å². The monoisotopic (exact) mass is 404 g/mol. The predicted molar refractivity (Wildman–Crippen MR) is 111 cm³/mol. The van der Waals surface area contributed by atoms with Gasteiger partial charge in [-0.2, -0.15) is 0 Å². The number of ether oxygens (including phenoxy) is 1. The van der Waals surface area contributed by atoms with E-state index in [0.29, 0.717) is 40.4 Å². The van der Waals surface area contributed by atoms with Gasteiger partial charge < -0.3 is 14.9 Å². The SMILES string of the molecule is CC12CC[C@@]34CC35CC[C@H](O)C(C)(C)C5CCC4C1CC1OC(C(=O)O)CCC12.[HH]. The van der Waals surface area contributed by atoms with Crippen LogP contribution in [0.1, 0.15) is 86.4 Å². The second kappa shape index (κ2) is 5.59. The van der Waals surface area contributed by atoms with Gasteiger partial charge in [0.05, 0.1) is 12.2 Å². The van der Waals surface area contributed by atoms with Crippen LogP contribution in [0.15, 0.2) is 0 Å². The molecule has 0 aromatic heterocycles. The summed E-state index contributed by atoms with van der Waals surface area (Å²) >= 11 is 0. The molecule has 29 heavy (non-hydrogen) atoms. The summed E-state index contributed by atoms with van der Waals surface area (Å²) in [6.45, 7) is 7.18. The smallest absolute Gasteiger partial charge is 0.332 e. The van der Waals surface area contributed by atoms with Crippen LogP contribution in [0.4, 0.5) is 0 Å². The molecule has 4 heteroatoms. The first kappa shape index (κ1) is 19.1. The van der Waals surface area contributed by atoms with Crippen molar-refractivity contribution in [2.45, 2.75) is 103 Å². The molecule has 10 atom stereocenters. The number of carboxylic acids is 1. The van der Waals surface area contributed by atoms with E-state index >= 15 is 0 Å². The highest BCUT2D eigenvalue weighted by molar-refractivity contribution is 5.72. The topological polar surface area (TPSA) is 66.8 Å². The molecule has 6 rings (SSSR count). The summed E-state index contributed by atoms with van der Waals surface area (Å²) in [5.41, 5.74) is 1.38. The van der Waals surface area contributed by atoms with Crippen LogP contribution in [-0.4, -0.2) is 34.5 Å². The van der Waals surface area contributed by atoms with E-state index < -0.39 is 12.1 Å². The number of aliphatic hydroxyl groups excluding tert-OH is 1. The number of aliphatic hydroxyl groups is 1. The van der Waals surface area contributed by atoms with Crippen molar-refractivity contribution < 1.29 is 21.2 Å². The molecule has 2 N–H and O–H groups in total. The molecule has 2 spiro atoms. The van der Waals surface area contributed by atoms with Crippen molar-refractivity contribution in [1.82, 2.24) is 0 Å². The number of rotatable bonds is 1. The van der Waals surface area contributed by atoms with Crippen LogP contribution in [0.3, 0.4) is 0 Å². The number of hydrogen-bond acceptors (Lipinski definition) is 3. The van der Waals surface area contributed by atoms with Gasteiger partial charge in [-0.05, 0) is 110 Å². The average Bonchev–Trinajstić information content (AvgIpc) is 3.25. The lowest BCUT2D eigenvalue weighted by molar-refractivity contribution is -0.165. The first-order valence-corrected chi connectivity index (χ1v) is 12.2. The van der Waals surface area contributed by atoms with E-state index in [4.69, 9.17) is 4.74 Å². The fourth-order valence-electron chi connectivity index (χ4n) is 10.4. The molecule has 1 heterocycles. The highest BCUT2D eigenvalue weighted by atomic mass is 16.5. The maximum atomic E-state index is 11.5. The minimum Gasteiger partial charge on any atom is -0.479 e. The van der Waals surface area contributed by atoms with Crippen molar-refractivity contribution in [3.8, 4) is 0 Å². The second-order valence-electron chi connectivity index (χ2n) is 12.6. The summed E-state index contributed by atoms with van der Waals surface area (Å²) in [6, 6.07) is 0. The van der Waals surface area contributed by atoms with E-state index in [9.17, 15) is 15.0 Å². The van der Waals surface area contributed by atoms with Crippen molar-refractivity contribution in [3.63, 3.8) is 0 Å². The van der Waals surface area contributed by atoms with Gasteiger partial charge in [-0.15, -0.1) is 0 Å². The number of carbonyl (C=O) groups is 1. The van der Waals surface area contributed by atoms with Crippen LogP contribution in [-0.2, 0) is 9.53 Å². The Balaban J connectivity index is 0.00000193. The first-order valence-electron chi connectivity index (χ1n) is 12.2. The third-order valence-corrected chi connectivity index (χ3v) is 11.8. The standard InChI is InChI=1S/C25H38O4.H2/c1-22(2)19-7-5-14-16-12-18-15(4-6-17(29-18)21(27)28)23(16,3)10-11-24(14)13-25(19,24)9-8-20(22)26;/h14-20,26H,4-13H2,1-3H3,(H,27,28);1H/t14?,15?,16?,17?,18?,19?,20-,23?,24-,25?;/m0./s1. The third kappa shape index (κ3) is 2.11. The summed E-state index contributed by atoms with van der Waals surface area (Å²) < 4.78 is 6.17. The number of fused-ring (bicyclic) bond motifs is 4.